The number of halogens is 1. The molecule has 0 radical (unpaired) electrons. The Balaban J connectivity index is 1.27. The van der Waals surface area contributed by atoms with Crippen molar-refractivity contribution in [1.82, 2.24) is 15.5 Å². The molecule has 3 aromatic rings. The van der Waals surface area contributed by atoms with Crippen LogP contribution in [-0.4, -0.2) is 49.5 Å². The highest BCUT2D eigenvalue weighted by Gasteiger charge is 2.36. The molecule has 0 spiro atoms. The van der Waals surface area contributed by atoms with Gasteiger partial charge < -0.3 is 21.1 Å². The molecule has 8 heteroatoms. The number of ether oxygens (including phenoxy) is 1. The molecule has 4 N–H and O–H groups in total. The Labute approximate surface area is 258 Å². The van der Waals surface area contributed by atoms with Gasteiger partial charge in [-0.2, -0.15) is 0 Å². The summed E-state index contributed by atoms with van der Waals surface area (Å²) in [5, 5.41) is 8.12. The lowest BCUT2D eigenvalue weighted by molar-refractivity contribution is -0.142. The summed E-state index contributed by atoms with van der Waals surface area (Å²) in [6, 6.07) is 18.2. The van der Waals surface area contributed by atoms with E-state index in [-0.39, 0.29) is 11.8 Å². The van der Waals surface area contributed by atoms with Crippen molar-refractivity contribution in [2.75, 3.05) is 32.5 Å². The summed E-state index contributed by atoms with van der Waals surface area (Å²) < 4.78 is 6.51. The molecule has 1 aliphatic carbocycles. The number of carbonyl (C=O) groups is 2. The van der Waals surface area contributed by atoms with Crippen LogP contribution >= 0.6 is 15.9 Å². The lowest BCUT2D eigenvalue weighted by atomic mass is 9.90. The molecule has 1 atom stereocenters. The van der Waals surface area contributed by atoms with Crippen LogP contribution in [0.25, 0.3) is 10.8 Å². The molecule has 0 heterocycles. The van der Waals surface area contributed by atoms with Gasteiger partial charge in [-0.25, -0.2) is 0 Å². The van der Waals surface area contributed by atoms with Crippen molar-refractivity contribution < 1.29 is 14.3 Å². The molecule has 0 bridgehead atoms. The van der Waals surface area contributed by atoms with E-state index in [0.29, 0.717) is 30.4 Å². The number of carbonyl (C=O) groups excluding carboxylic acids is 2. The smallest absolute Gasteiger partial charge is 0.256 e. The average Bonchev–Trinajstić information content (AvgIpc) is 3.02. The number of anilines is 1. The number of fused-ring (bicyclic) bond motifs is 1. The molecule has 0 aliphatic heterocycles. The minimum atomic E-state index is -1.11. The molecule has 1 aliphatic rings. The number of amides is 2. The van der Waals surface area contributed by atoms with Crippen molar-refractivity contribution in [3.05, 3.63) is 75.8 Å². The van der Waals surface area contributed by atoms with Crippen molar-refractivity contribution in [1.29, 1.82) is 0 Å². The Morgan fingerprint density at radius 3 is 2.43 bits per heavy atom. The van der Waals surface area contributed by atoms with Gasteiger partial charge in [-0.1, -0.05) is 68.7 Å². The Hall–Kier alpha value is -2.94. The summed E-state index contributed by atoms with van der Waals surface area (Å²) in [6.07, 6.45) is 7.79. The summed E-state index contributed by atoms with van der Waals surface area (Å²) in [4.78, 5) is 28.7. The van der Waals surface area contributed by atoms with Crippen LogP contribution in [0.2, 0.25) is 0 Å². The third kappa shape index (κ3) is 7.52. The third-order valence-corrected chi connectivity index (χ3v) is 9.32. The van der Waals surface area contributed by atoms with E-state index in [4.69, 9.17) is 10.5 Å². The Kier molecular flexibility index (Phi) is 11.4. The Morgan fingerprint density at radius 2 is 1.71 bits per heavy atom. The number of rotatable bonds is 13. The van der Waals surface area contributed by atoms with Gasteiger partial charge in [-0.05, 0) is 83.6 Å². The summed E-state index contributed by atoms with van der Waals surface area (Å²) >= 11 is 3.57. The highest BCUT2D eigenvalue weighted by atomic mass is 79.9. The molecule has 1 fully saturated rings. The molecule has 0 saturated heterocycles. The second kappa shape index (κ2) is 15.0. The predicted octanol–water partition coefficient (Wildman–Crippen LogP) is 6.53. The van der Waals surface area contributed by atoms with Gasteiger partial charge in [0.05, 0.1) is 5.69 Å². The molecule has 3 aromatic carbocycles. The highest BCUT2D eigenvalue weighted by molar-refractivity contribution is 9.10. The van der Waals surface area contributed by atoms with Gasteiger partial charge in [-0.15, -0.1) is 0 Å². The Morgan fingerprint density at radius 1 is 1.02 bits per heavy atom. The van der Waals surface area contributed by atoms with Gasteiger partial charge in [0.15, 0.2) is 5.60 Å². The van der Waals surface area contributed by atoms with Crippen molar-refractivity contribution in [3.8, 4) is 0 Å². The quantitative estimate of drug-likeness (QED) is 0.146. The Bertz CT molecular complexity index is 1370. The van der Waals surface area contributed by atoms with E-state index < -0.39 is 5.60 Å². The molecular weight excluding hydrogens is 592 g/mol. The first kappa shape index (κ1) is 32.0. The number of benzene rings is 3. The third-order valence-electron chi connectivity index (χ3n) is 8.67. The average molecular weight is 638 g/mol. The number of hydrogen-bond acceptors (Lipinski definition) is 5. The van der Waals surface area contributed by atoms with Crippen LogP contribution in [0.1, 0.15) is 80.3 Å². The van der Waals surface area contributed by atoms with Crippen LogP contribution in [0.15, 0.2) is 59.1 Å². The monoisotopic (exact) mass is 636 g/mol. The fraction of sp³-hybridized carbons (Fsp3) is 0.471. The second-order valence-corrected chi connectivity index (χ2v) is 12.2. The van der Waals surface area contributed by atoms with Crippen LogP contribution in [-0.2, 0) is 21.7 Å². The molecular formula is C34H45BrN4O3. The highest BCUT2D eigenvalue weighted by Crippen LogP contribution is 2.32. The van der Waals surface area contributed by atoms with Crippen LogP contribution < -0.4 is 16.4 Å². The zero-order valence-electron chi connectivity index (χ0n) is 25.2. The maximum Gasteiger partial charge on any atom is 0.256 e. The van der Waals surface area contributed by atoms with E-state index in [1.165, 1.54) is 32.1 Å². The zero-order valence-corrected chi connectivity index (χ0v) is 26.8. The van der Waals surface area contributed by atoms with E-state index in [1.54, 1.807) is 20.1 Å². The van der Waals surface area contributed by atoms with Crippen LogP contribution in [0.3, 0.4) is 0 Å². The summed E-state index contributed by atoms with van der Waals surface area (Å²) in [5.74, 6) is -0.302. The van der Waals surface area contributed by atoms with Crippen molar-refractivity contribution >= 4 is 44.2 Å². The van der Waals surface area contributed by atoms with Gasteiger partial charge in [-0.3, -0.25) is 14.5 Å². The van der Waals surface area contributed by atoms with Crippen molar-refractivity contribution in [2.24, 2.45) is 0 Å². The van der Waals surface area contributed by atoms with Crippen LogP contribution in [0.5, 0.6) is 0 Å². The first-order valence-corrected chi connectivity index (χ1v) is 16.0. The fourth-order valence-electron chi connectivity index (χ4n) is 5.99. The standard InChI is InChI=1S/C34H45BrN4O3/c1-4-39(27-15-6-5-7-16-27)23-26-21-25(22-30(35)31(26)36)32(40)37-19-10-11-20-38-33(41)34(2,42-3)29-18-12-14-24-13-8-9-17-28(24)29/h8-9,12-14,17-18,21-22,27H,4-7,10-11,15-16,19-20,23,36H2,1-3H3,(H,37,40)(H,38,41). The van der Waals surface area contributed by atoms with Crippen LogP contribution in [0, 0.1) is 0 Å². The largest absolute Gasteiger partial charge is 0.398 e. The number of nitrogen functional groups attached to an aromatic ring is 1. The van der Waals surface area contributed by atoms with Gasteiger partial charge in [0.2, 0.25) is 0 Å². The topological polar surface area (TPSA) is 96.7 Å². The molecule has 1 saturated carbocycles. The number of nitrogens with two attached hydrogens (primary N) is 1. The van der Waals surface area contributed by atoms with Gasteiger partial charge in [0.25, 0.3) is 11.8 Å². The summed E-state index contributed by atoms with van der Waals surface area (Å²) in [7, 11) is 1.56. The van der Waals surface area contributed by atoms with Crippen molar-refractivity contribution in [2.45, 2.75) is 77.0 Å². The van der Waals surface area contributed by atoms with E-state index in [1.807, 2.05) is 48.5 Å². The maximum absolute atomic E-state index is 13.2. The molecule has 4 rings (SSSR count). The van der Waals surface area contributed by atoms with Gasteiger partial charge in [0.1, 0.15) is 0 Å². The lowest BCUT2D eigenvalue weighted by Crippen LogP contribution is -2.44. The van der Waals surface area contributed by atoms with Crippen LogP contribution in [0.4, 0.5) is 5.69 Å². The number of methoxy groups -OCH3 is 1. The summed E-state index contributed by atoms with van der Waals surface area (Å²) in [6.45, 7) is 6.70. The van der Waals surface area contributed by atoms with E-state index in [2.05, 4.69) is 38.4 Å². The molecule has 7 nitrogen and oxygen atoms in total. The summed E-state index contributed by atoms with van der Waals surface area (Å²) in [5.41, 5.74) is 8.43. The van der Waals surface area contributed by atoms with Gasteiger partial charge >= 0.3 is 0 Å². The first-order valence-electron chi connectivity index (χ1n) is 15.2. The maximum atomic E-state index is 13.2. The molecule has 226 valence electrons. The normalized spacial score (nSPS) is 15.5. The predicted molar refractivity (Wildman–Crippen MR) is 174 cm³/mol. The van der Waals surface area contributed by atoms with Crippen molar-refractivity contribution in [3.63, 3.8) is 0 Å². The second-order valence-electron chi connectivity index (χ2n) is 11.4. The molecule has 1 unspecified atom stereocenters. The van der Waals surface area contributed by atoms with E-state index >= 15 is 0 Å². The molecule has 42 heavy (non-hydrogen) atoms. The molecule has 0 aromatic heterocycles. The lowest BCUT2D eigenvalue weighted by Gasteiger charge is -2.34. The van der Waals surface area contributed by atoms with E-state index in [0.717, 1.165) is 52.3 Å². The number of nitrogens with one attached hydrogen (secondary N) is 2. The first-order chi connectivity index (χ1) is 20.3. The zero-order chi connectivity index (χ0) is 30.1. The fourth-order valence-corrected chi connectivity index (χ4v) is 6.49. The number of nitrogens with zero attached hydrogens (tertiary/aromatic N) is 1. The SMILES string of the molecule is CCN(Cc1cc(C(=O)NCCCCNC(=O)C(C)(OC)c2cccc3ccccc23)cc(Br)c1N)C1CCCCC1. The minimum Gasteiger partial charge on any atom is -0.398 e. The minimum absolute atomic E-state index is 0.121. The molecule has 2 amide bonds. The van der Waals surface area contributed by atoms with Gasteiger partial charge in [0, 0.05) is 48.4 Å². The van der Waals surface area contributed by atoms with E-state index in [9.17, 15) is 9.59 Å². The number of hydrogen-bond donors (Lipinski definition) is 3. The number of unbranched alkanes of at least 4 members (excludes halogenated alkanes) is 1.